The van der Waals surface area contributed by atoms with E-state index in [0.29, 0.717) is 0 Å². The average Bonchev–Trinajstić information content (AvgIpc) is 2.67. The molecule has 4 heteroatoms. The van der Waals surface area contributed by atoms with Gasteiger partial charge < -0.3 is 5.32 Å². The first-order valence-electron chi connectivity index (χ1n) is 5.27. The van der Waals surface area contributed by atoms with E-state index in [4.69, 9.17) is 0 Å². The van der Waals surface area contributed by atoms with Crippen molar-refractivity contribution in [3.63, 3.8) is 0 Å². The van der Waals surface area contributed by atoms with Gasteiger partial charge in [0.05, 0.1) is 10.7 Å². The average molecular weight is 233 g/mol. The Kier molecular flexibility index (Phi) is 3.64. The van der Waals surface area contributed by atoms with Gasteiger partial charge in [-0.3, -0.25) is 4.98 Å². The fourth-order valence-electron chi connectivity index (χ4n) is 1.40. The lowest BCUT2D eigenvalue weighted by atomic mass is 10.3. The molecule has 2 rings (SSSR count). The molecule has 0 aliphatic heterocycles. The molecular weight excluding hydrogens is 218 g/mol. The van der Waals surface area contributed by atoms with Gasteiger partial charge in [-0.2, -0.15) is 0 Å². The third-order valence-corrected chi connectivity index (χ3v) is 3.16. The lowest BCUT2D eigenvalue weighted by Crippen LogP contribution is -2.12. The summed E-state index contributed by atoms with van der Waals surface area (Å²) in [5, 5.41) is 4.47. The van der Waals surface area contributed by atoms with Crippen LogP contribution in [-0.2, 0) is 13.1 Å². The van der Waals surface area contributed by atoms with Gasteiger partial charge >= 0.3 is 0 Å². The number of nitrogens with zero attached hydrogens (tertiary/aromatic N) is 2. The standard InChI is InChI=1S/C12H15N3S/c1-9-3-4-11(15-5-9)6-13-7-12-8-14-10(2)16-12/h3-5,8,13H,6-7H2,1-2H3. The summed E-state index contributed by atoms with van der Waals surface area (Å²) in [5.41, 5.74) is 2.27. The molecule has 0 aromatic carbocycles. The first kappa shape index (κ1) is 11.2. The highest BCUT2D eigenvalue weighted by molar-refractivity contribution is 7.11. The van der Waals surface area contributed by atoms with Gasteiger partial charge in [0.2, 0.25) is 0 Å². The van der Waals surface area contributed by atoms with Crippen LogP contribution in [0.5, 0.6) is 0 Å². The number of hydrogen-bond acceptors (Lipinski definition) is 4. The number of thiazole rings is 1. The van der Waals surface area contributed by atoms with Gasteiger partial charge in [-0.05, 0) is 25.5 Å². The van der Waals surface area contributed by atoms with Crippen LogP contribution in [0.1, 0.15) is 21.1 Å². The number of aromatic nitrogens is 2. The Morgan fingerprint density at radius 2 is 2.00 bits per heavy atom. The van der Waals surface area contributed by atoms with E-state index in [-0.39, 0.29) is 0 Å². The lowest BCUT2D eigenvalue weighted by molar-refractivity contribution is 0.685. The molecule has 0 fully saturated rings. The fourth-order valence-corrected chi connectivity index (χ4v) is 2.17. The molecule has 16 heavy (non-hydrogen) atoms. The molecule has 84 valence electrons. The van der Waals surface area contributed by atoms with Crippen molar-refractivity contribution in [3.05, 3.63) is 45.7 Å². The van der Waals surface area contributed by atoms with E-state index in [0.717, 1.165) is 23.8 Å². The monoisotopic (exact) mass is 233 g/mol. The van der Waals surface area contributed by atoms with Crippen molar-refractivity contribution in [3.8, 4) is 0 Å². The molecule has 0 spiro atoms. The molecule has 2 aromatic rings. The summed E-state index contributed by atoms with van der Waals surface area (Å²) in [4.78, 5) is 9.82. The van der Waals surface area contributed by atoms with Crippen LogP contribution in [0.15, 0.2) is 24.5 Å². The minimum absolute atomic E-state index is 0.803. The molecule has 0 radical (unpaired) electrons. The molecule has 1 N–H and O–H groups in total. The molecule has 0 atom stereocenters. The highest BCUT2D eigenvalue weighted by atomic mass is 32.1. The minimum Gasteiger partial charge on any atom is -0.306 e. The van der Waals surface area contributed by atoms with E-state index in [1.165, 1.54) is 10.4 Å². The largest absolute Gasteiger partial charge is 0.306 e. The van der Waals surface area contributed by atoms with Crippen LogP contribution in [-0.4, -0.2) is 9.97 Å². The fraction of sp³-hybridized carbons (Fsp3) is 0.333. The van der Waals surface area contributed by atoms with Crippen molar-refractivity contribution < 1.29 is 0 Å². The van der Waals surface area contributed by atoms with Crippen LogP contribution in [0, 0.1) is 13.8 Å². The second kappa shape index (κ2) is 5.18. The molecule has 3 nitrogen and oxygen atoms in total. The zero-order chi connectivity index (χ0) is 11.4. The highest BCUT2D eigenvalue weighted by Crippen LogP contribution is 2.10. The van der Waals surface area contributed by atoms with Crippen molar-refractivity contribution in [1.82, 2.24) is 15.3 Å². The topological polar surface area (TPSA) is 37.8 Å². The van der Waals surface area contributed by atoms with Crippen molar-refractivity contribution >= 4 is 11.3 Å². The third kappa shape index (κ3) is 3.12. The van der Waals surface area contributed by atoms with E-state index in [1.54, 1.807) is 11.3 Å². The number of hydrogen-bond donors (Lipinski definition) is 1. The van der Waals surface area contributed by atoms with Gasteiger partial charge in [-0.1, -0.05) is 6.07 Å². The zero-order valence-corrected chi connectivity index (χ0v) is 10.3. The first-order valence-corrected chi connectivity index (χ1v) is 6.09. The summed E-state index contributed by atoms with van der Waals surface area (Å²) in [7, 11) is 0. The van der Waals surface area contributed by atoms with E-state index in [1.807, 2.05) is 26.2 Å². The second-order valence-corrected chi connectivity index (χ2v) is 5.10. The van der Waals surface area contributed by atoms with E-state index >= 15 is 0 Å². The van der Waals surface area contributed by atoms with Crippen LogP contribution in [0.4, 0.5) is 0 Å². The SMILES string of the molecule is Cc1ccc(CNCc2cnc(C)s2)nc1. The Balaban J connectivity index is 1.82. The van der Waals surface area contributed by atoms with Gasteiger partial charge in [0.25, 0.3) is 0 Å². The maximum Gasteiger partial charge on any atom is 0.0897 e. The van der Waals surface area contributed by atoms with Crippen LogP contribution in [0.2, 0.25) is 0 Å². The quantitative estimate of drug-likeness (QED) is 0.881. The molecule has 0 aliphatic rings. The van der Waals surface area contributed by atoms with Crippen molar-refractivity contribution in [2.45, 2.75) is 26.9 Å². The van der Waals surface area contributed by atoms with Crippen LogP contribution in [0.3, 0.4) is 0 Å². The number of aryl methyl sites for hydroxylation is 2. The van der Waals surface area contributed by atoms with E-state index in [2.05, 4.69) is 27.4 Å². The number of pyridine rings is 1. The predicted octanol–water partition coefficient (Wildman–Crippen LogP) is 2.44. The van der Waals surface area contributed by atoms with Crippen LogP contribution in [0.25, 0.3) is 0 Å². The summed E-state index contributed by atoms with van der Waals surface area (Å²) < 4.78 is 0. The maximum absolute atomic E-state index is 4.34. The second-order valence-electron chi connectivity index (χ2n) is 3.78. The number of rotatable bonds is 4. The molecule has 0 aliphatic carbocycles. The molecule has 0 saturated carbocycles. The van der Waals surface area contributed by atoms with Crippen LogP contribution >= 0.6 is 11.3 Å². The Labute approximate surface area is 99.6 Å². The zero-order valence-electron chi connectivity index (χ0n) is 9.53. The van der Waals surface area contributed by atoms with Gasteiger partial charge in [-0.15, -0.1) is 11.3 Å². The molecular formula is C12H15N3S. The van der Waals surface area contributed by atoms with Crippen LogP contribution < -0.4 is 5.32 Å². The summed E-state index contributed by atoms with van der Waals surface area (Å²) in [6.07, 6.45) is 3.82. The molecule has 0 saturated heterocycles. The summed E-state index contributed by atoms with van der Waals surface area (Å²) >= 11 is 1.73. The molecule has 0 unspecified atom stereocenters. The normalized spacial score (nSPS) is 10.6. The lowest BCUT2D eigenvalue weighted by Gasteiger charge is -2.02. The van der Waals surface area contributed by atoms with Crippen molar-refractivity contribution in [1.29, 1.82) is 0 Å². The Hall–Kier alpha value is -1.26. The van der Waals surface area contributed by atoms with E-state index < -0.39 is 0 Å². The van der Waals surface area contributed by atoms with Gasteiger partial charge in [0.15, 0.2) is 0 Å². The molecule has 0 amide bonds. The van der Waals surface area contributed by atoms with Gasteiger partial charge in [-0.25, -0.2) is 4.98 Å². The Morgan fingerprint density at radius 1 is 1.12 bits per heavy atom. The Morgan fingerprint density at radius 3 is 2.62 bits per heavy atom. The van der Waals surface area contributed by atoms with Crippen molar-refractivity contribution in [2.24, 2.45) is 0 Å². The third-order valence-electron chi connectivity index (χ3n) is 2.25. The maximum atomic E-state index is 4.34. The first-order chi connectivity index (χ1) is 7.74. The summed E-state index contributed by atoms with van der Waals surface area (Å²) in [6, 6.07) is 4.14. The van der Waals surface area contributed by atoms with Crippen molar-refractivity contribution in [2.75, 3.05) is 0 Å². The minimum atomic E-state index is 0.803. The molecule has 2 aromatic heterocycles. The molecule has 0 bridgehead atoms. The summed E-state index contributed by atoms with van der Waals surface area (Å²) in [5.74, 6) is 0. The Bertz CT molecular complexity index is 448. The van der Waals surface area contributed by atoms with E-state index in [9.17, 15) is 0 Å². The van der Waals surface area contributed by atoms with Gasteiger partial charge in [0, 0.05) is 30.4 Å². The summed E-state index contributed by atoms with van der Waals surface area (Å²) in [6.45, 7) is 5.73. The van der Waals surface area contributed by atoms with Gasteiger partial charge in [0.1, 0.15) is 0 Å². The molecule has 2 heterocycles. The highest BCUT2D eigenvalue weighted by Gasteiger charge is 1.98. The smallest absolute Gasteiger partial charge is 0.0897 e. The number of nitrogens with one attached hydrogen (secondary N) is 1. The predicted molar refractivity (Wildman–Crippen MR) is 66.4 cm³/mol.